The van der Waals surface area contributed by atoms with Gasteiger partial charge in [-0.2, -0.15) is 0 Å². The first-order valence-electron chi connectivity index (χ1n) is 10.0. The summed E-state index contributed by atoms with van der Waals surface area (Å²) in [6, 6.07) is 13.8. The quantitative estimate of drug-likeness (QED) is 0.701. The number of carbonyl (C=O) groups is 1. The van der Waals surface area contributed by atoms with Crippen LogP contribution in [0.3, 0.4) is 0 Å². The highest BCUT2D eigenvalue weighted by molar-refractivity contribution is 6.06. The standard InChI is InChI=1S/C23H26N4O2/c1-26(11-12-28)23(29)20-13-22(25-21-7-3-2-6-19(20)21)18-8-10-27(16-18)15-17-5-4-9-24-14-17/h2-7,9,13-14,18,28H,8,10-12,15-16H2,1H3. The maximum atomic E-state index is 13.0. The fourth-order valence-corrected chi connectivity index (χ4v) is 4.01. The zero-order valence-electron chi connectivity index (χ0n) is 16.7. The predicted octanol–water partition coefficient (Wildman–Crippen LogP) is 2.68. The Morgan fingerprint density at radius 3 is 2.93 bits per heavy atom. The Morgan fingerprint density at radius 2 is 2.14 bits per heavy atom. The second-order valence-electron chi connectivity index (χ2n) is 7.64. The number of para-hydroxylation sites is 1. The van der Waals surface area contributed by atoms with Crippen molar-refractivity contribution in [2.45, 2.75) is 18.9 Å². The molecule has 4 rings (SSSR count). The van der Waals surface area contributed by atoms with Crippen molar-refractivity contribution >= 4 is 16.8 Å². The molecule has 6 heteroatoms. The molecule has 1 unspecified atom stereocenters. The van der Waals surface area contributed by atoms with Gasteiger partial charge in [0.05, 0.1) is 17.7 Å². The molecule has 1 atom stereocenters. The number of hydrogen-bond acceptors (Lipinski definition) is 5. The predicted molar refractivity (Wildman–Crippen MR) is 113 cm³/mol. The van der Waals surface area contributed by atoms with Crippen LogP contribution in [0.15, 0.2) is 54.9 Å². The Bertz CT molecular complexity index is 993. The Kier molecular flexibility index (Phi) is 5.83. The van der Waals surface area contributed by atoms with Crippen molar-refractivity contribution in [3.8, 4) is 0 Å². The number of aliphatic hydroxyl groups excluding tert-OH is 1. The SMILES string of the molecule is CN(CCO)C(=O)c1cc(C2CCN(Cc3cccnc3)C2)nc2ccccc12. The molecular formula is C23H26N4O2. The summed E-state index contributed by atoms with van der Waals surface area (Å²) in [4.78, 5) is 26.1. The van der Waals surface area contributed by atoms with Crippen molar-refractivity contribution in [2.75, 3.05) is 33.3 Å². The zero-order valence-corrected chi connectivity index (χ0v) is 16.7. The molecule has 150 valence electrons. The van der Waals surface area contributed by atoms with Gasteiger partial charge in [0.2, 0.25) is 0 Å². The molecule has 1 aliphatic heterocycles. The molecule has 3 heterocycles. The lowest BCUT2D eigenvalue weighted by Gasteiger charge is -2.19. The molecule has 2 aromatic heterocycles. The van der Waals surface area contributed by atoms with Crippen LogP contribution in [0.1, 0.15) is 34.0 Å². The third-order valence-corrected chi connectivity index (χ3v) is 5.57. The Labute approximate surface area is 170 Å². The van der Waals surface area contributed by atoms with E-state index in [1.807, 2.05) is 42.6 Å². The van der Waals surface area contributed by atoms with Crippen LogP contribution >= 0.6 is 0 Å². The van der Waals surface area contributed by atoms with Gasteiger partial charge < -0.3 is 10.0 Å². The first-order chi connectivity index (χ1) is 14.2. The monoisotopic (exact) mass is 390 g/mol. The molecule has 0 bridgehead atoms. The maximum absolute atomic E-state index is 13.0. The highest BCUT2D eigenvalue weighted by Crippen LogP contribution is 2.30. The number of aromatic nitrogens is 2. The van der Waals surface area contributed by atoms with Gasteiger partial charge in [-0.1, -0.05) is 24.3 Å². The number of rotatable bonds is 6. The number of likely N-dealkylation sites (N-methyl/N-ethyl adjacent to an activating group) is 1. The second kappa shape index (κ2) is 8.68. The summed E-state index contributed by atoms with van der Waals surface area (Å²) >= 11 is 0. The highest BCUT2D eigenvalue weighted by atomic mass is 16.3. The van der Waals surface area contributed by atoms with Gasteiger partial charge >= 0.3 is 0 Å². The molecule has 29 heavy (non-hydrogen) atoms. The summed E-state index contributed by atoms with van der Waals surface area (Å²) in [6.07, 6.45) is 4.72. The van der Waals surface area contributed by atoms with Crippen molar-refractivity contribution in [2.24, 2.45) is 0 Å². The first kappa shape index (κ1) is 19.5. The van der Waals surface area contributed by atoms with Gasteiger partial charge in [-0.15, -0.1) is 0 Å². The van der Waals surface area contributed by atoms with Crippen molar-refractivity contribution in [1.82, 2.24) is 19.8 Å². The van der Waals surface area contributed by atoms with Crippen LogP contribution in [0.2, 0.25) is 0 Å². The summed E-state index contributed by atoms with van der Waals surface area (Å²) in [7, 11) is 1.72. The molecule has 0 spiro atoms. The van der Waals surface area contributed by atoms with Gasteiger partial charge in [0.1, 0.15) is 0 Å². The van der Waals surface area contributed by atoms with Crippen LogP contribution in [0, 0.1) is 0 Å². The van der Waals surface area contributed by atoms with Crippen LogP contribution in [-0.2, 0) is 6.54 Å². The largest absolute Gasteiger partial charge is 0.395 e. The van der Waals surface area contributed by atoms with Crippen molar-refractivity contribution in [3.05, 3.63) is 71.7 Å². The van der Waals surface area contributed by atoms with Crippen LogP contribution in [0.25, 0.3) is 10.9 Å². The summed E-state index contributed by atoms with van der Waals surface area (Å²) in [5.74, 6) is 0.218. The lowest BCUT2D eigenvalue weighted by atomic mass is 9.99. The molecule has 3 aromatic rings. The highest BCUT2D eigenvalue weighted by Gasteiger charge is 2.27. The molecule has 0 radical (unpaired) electrons. The molecule has 0 saturated carbocycles. The second-order valence-corrected chi connectivity index (χ2v) is 7.64. The van der Waals surface area contributed by atoms with E-state index in [4.69, 9.17) is 4.98 Å². The van der Waals surface area contributed by atoms with E-state index in [9.17, 15) is 9.90 Å². The van der Waals surface area contributed by atoms with E-state index in [0.717, 1.165) is 42.7 Å². The minimum Gasteiger partial charge on any atom is -0.395 e. The van der Waals surface area contributed by atoms with E-state index in [1.54, 1.807) is 18.1 Å². The van der Waals surface area contributed by atoms with E-state index < -0.39 is 0 Å². The Hall–Kier alpha value is -2.83. The lowest BCUT2D eigenvalue weighted by molar-refractivity contribution is 0.0768. The number of likely N-dealkylation sites (tertiary alicyclic amines) is 1. The lowest BCUT2D eigenvalue weighted by Crippen LogP contribution is -2.30. The van der Waals surface area contributed by atoms with Gasteiger partial charge in [0.25, 0.3) is 5.91 Å². The third kappa shape index (κ3) is 4.28. The minimum atomic E-state index is -0.0795. The third-order valence-electron chi connectivity index (χ3n) is 5.57. The van der Waals surface area contributed by atoms with Crippen LogP contribution in [0.4, 0.5) is 0 Å². The molecule has 1 saturated heterocycles. The van der Waals surface area contributed by atoms with E-state index in [-0.39, 0.29) is 12.5 Å². The molecule has 1 N–H and O–H groups in total. The number of fused-ring (bicyclic) bond motifs is 1. The fraction of sp³-hybridized carbons (Fsp3) is 0.348. The van der Waals surface area contributed by atoms with Gasteiger partial charge in [-0.25, -0.2) is 0 Å². The zero-order chi connectivity index (χ0) is 20.2. The van der Waals surface area contributed by atoms with Crippen LogP contribution in [0.5, 0.6) is 0 Å². The number of aliphatic hydroxyl groups is 1. The van der Waals surface area contributed by atoms with Gasteiger partial charge in [-0.05, 0) is 36.7 Å². The molecule has 1 fully saturated rings. The van der Waals surface area contributed by atoms with E-state index >= 15 is 0 Å². The van der Waals surface area contributed by atoms with Crippen LogP contribution in [-0.4, -0.2) is 64.1 Å². The average Bonchev–Trinajstić information content (AvgIpc) is 3.22. The molecule has 1 aliphatic rings. The number of hydrogen-bond donors (Lipinski definition) is 1. The van der Waals surface area contributed by atoms with Crippen LogP contribution < -0.4 is 0 Å². The average molecular weight is 390 g/mol. The van der Waals surface area contributed by atoms with Crippen molar-refractivity contribution in [1.29, 1.82) is 0 Å². The summed E-state index contributed by atoms with van der Waals surface area (Å²) in [5, 5.41) is 10.1. The molecular weight excluding hydrogens is 364 g/mol. The van der Waals surface area contributed by atoms with E-state index in [1.165, 1.54) is 5.56 Å². The molecule has 6 nitrogen and oxygen atoms in total. The summed E-state index contributed by atoms with van der Waals surface area (Å²) < 4.78 is 0. The number of nitrogens with zero attached hydrogens (tertiary/aromatic N) is 4. The van der Waals surface area contributed by atoms with Gasteiger partial charge in [0.15, 0.2) is 0 Å². The molecule has 1 amide bonds. The minimum absolute atomic E-state index is 0.0515. The number of carbonyl (C=O) groups excluding carboxylic acids is 1. The smallest absolute Gasteiger partial charge is 0.254 e. The fourth-order valence-electron chi connectivity index (χ4n) is 4.01. The molecule has 0 aliphatic carbocycles. The summed E-state index contributed by atoms with van der Waals surface area (Å²) in [6.45, 7) is 3.06. The Balaban J connectivity index is 1.60. The number of benzene rings is 1. The maximum Gasteiger partial charge on any atom is 0.254 e. The summed E-state index contributed by atoms with van der Waals surface area (Å²) in [5.41, 5.74) is 3.68. The van der Waals surface area contributed by atoms with E-state index in [0.29, 0.717) is 18.0 Å². The first-order valence-corrected chi connectivity index (χ1v) is 10.0. The number of pyridine rings is 2. The van der Waals surface area contributed by atoms with E-state index in [2.05, 4.69) is 16.0 Å². The Morgan fingerprint density at radius 1 is 1.28 bits per heavy atom. The van der Waals surface area contributed by atoms with Gasteiger partial charge in [-0.3, -0.25) is 19.7 Å². The normalized spacial score (nSPS) is 17.0. The van der Waals surface area contributed by atoms with Crippen molar-refractivity contribution < 1.29 is 9.90 Å². The van der Waals surface area contributed by atoms with Gasteiger partial charge in [0, 0.05) is 56.1 Å². The molecule has 1 aromatic carbocycles. The van der Waals surface area contributed by atoms with Crippen molar-refractivity contribution in [3.63, 3.8) is 0 Å². The number of amides is 1. The topological polar surface area (TPSA) is 69.6 Å².